The highest BCUT2D eigenvalue weighted by Crippen LogP contribution is 2.29. The Balaban J connectivity index is 1.77. The summed E-state index contributed by atoms with van der Waals surface area (Å²) in [6, 6.07) is 7.80. The third-order valence-corrected chi connectivity index (χ3v) is 4.98. The molecule has 1 aromatic heterocycles. The quantitative estimate of drug-likeness (QED) is 0.814. The van der Waals surface area contributed by atoms with Crippen LogP contribution in [0.4, 0.5) is 5.95 Å². The second-order valence-electron chi connectivity index (χ2n) is 7.44. The molecule has 1 aromatic carbocycles. The largest absolute Gasteiger partial charge is 0.352 e. The molecule has 0 saturated carbocycles. The first-order valence-corrected chi connectivity index (χ1v) is 9.33. The summed E-state index contributed by atoms with van der Waals surface area (Å²) < 4.78 is 2.86. The van der Waals surface area contributed by atoms with Gasteiger partial charge in [0.05, 0.1) is 12.2 Å². The van der Waals surface area contributed by atoms with Gasteiger partial charge < -0.3 is 4.90 Å². The zero-order valence-corrected chi connectivity index (χ0v) is 16.1. The van der Waals surface area contributed by atoms with E-state index in [4.69, 9.17) is 0 Å². The van der Waals surface area contributed by atoms with E-state index in [0.29, 0.717) is 19.0 Å². The minimum absolute atomic E-state index is 0.0588. The minimum Gasteiger partial charge on any atom is -0.336 e. The molecule has 0 N–H and O–H groups in total. The van der Waals surface area contributed by atoms with E-state index in [9.17, 15) is 9.59 Å². The van der Waals surface area contributed by atoms with Crippen LogP contribution in [0.2, 0.25) is 0 Å². The molecule has 8 nitrogen and oxygen atoms in total. The third-order valence-electron chi connectivity index (χ3n) is 4.98. The summed E-state index contributed by atoms with van der Waals surface area (Å²) in [6.07, 6.45) is 0. The number of carbonyl (C=O) groups excluding carboxylic acids is 1. The molecule has 27 heavy (non-hydrogen) atoms. The van der Waals surface area contributed by atoms with E-state index in [-0.39, 0.29) is 30.2 Å². The summed E-state index contributed by atoms with van der Waals surface area (Å²) in [5.74, 6) is 1.26. The van der Waals surface area contributed by atoms with E-state index >= 15 is 0 Å². The average molecular weight is 368 g/mol. The SMILES string of the molecule is CC(C)N(C(=O)Cn1nc2n(c1=O)-c1ccccc1C1=NCCN12)C(C)C. The Labute approximate surface area is 157 Å². The molecule has 142 valence electrons. The van der Waals surface area contributed by atoms with Gasteiger partial charge in [-0.1, -0.05) is 12.1 Å². The summed E-state index contributed by atoms with van der Waals surface area (Å²) in [6.45, 7) is 9.17. The third kappa shape index (κ3) is 2.67. The molecule has 2 aromatic rings. The number of amidine groups is 1. The zero-order valence-electron chi connectivity index (χ0n) is 16.1. The molecular weight excluding hydrogens is 344 g/mol. The summed E-state index contributed by atoms with van der Waals surface area (Å²) in [5.41, 5.74) is 1.38. The molecule has 2 aliphatic heterocycles. The Morgan fingerprint density at radius 2 is 1.89 bits per heavy atom. The fourth-order valence-corrected chi connectivity index (χ4v) is 4.00. The lowest BCUT2D eigenvalue weighted by atomic mass is 10.1. The molecule has 4 rings (SSSR count). The Morgan fingerprint density at radius 1 is 1.19 bits per heavy atom. The van der Waals surface area contributed by atoms with E-state index < -0.39 is 0 Å². The van der Waals surface area contributed by atoms with Gasteiger partial charge in [-0.3, -0.25) is 14.7 Å². The van der Waals surface area contributed by atoms with Crippen molar-refractivity contribution in [3.63, 3.8) is 0 Å². The zero-order chi connectivity index (χ0) is 19.3. The summed E-state index contributed by atoms with van der Waals surface area (Å²) in [5, 5.41) is 4.50. The van der Waals surface area contributed by atoms with Crippen molar-refractivity contribution < 1.29 is 4.79 Å². The fourth-order valence-electron chi connectivity index (χ4n) is 4.00. The van der Waals surface area contributed by atoms with E-state index in [2.05, 4.69) is 10.1 Å². The number of amides is 1. The second kappa shape index (κ2) is 6.37. The molecule has 0 spiro atoms. The van der Waals surface area contributed by atoms with Gasteiger partial charge in [0.2, 0.25) is 11.9 Å². The highest BCUT2D eigenvalue weighted by Gasteiger charge is 2.34. The van der Waals surface area contributed by atoms with E-state index in [1.807, 2.05) is 56.9 Å². The van der Waals surface area contributed by atoms with Crippen molar-refractivity contribution in [1.82, 2.24) is 19.2 Å². The van der Waals surface area contributed by atoms with Crippen molar-refractivity contribution in [2.24, 2.45) is 4.99 Å². The number of benzene rings is 1. The van der Waals surface area contributed by atoms with Crippen LogP contribution in [0.25, 0.3) is 5.69 Å². The lowest BCUT2D eigenvalue weighted by Crippen LogP contribution is -2.45. The Hall–Kier alpha value is -2.90. The van der Waals surface area contributed by atoms with Crippen LogP contribution >= 0.6 is 0 Å². The summed E-state index contributed by atoms with van der Waals surface area (Å²) in [7, 11) is 0. The van der Waals surface area contributed by atoms with Gasteiger partial charge in [0.25, 0.3) is 0 Å². The second-order valence-corrected chi connectivity index (χ2v) is 7.44. The number of aromatic nitrogens is 3. The molecule has 0 radical (unpaired) electrons. The van der Waals surface area contributed by atoms with Gasteiger partial charge >= 0.3 is 5.69 Å². The molecule has 2 aliphatic rings. The monoisotopic (exact) mass is 368 g/mol. The maximum atomic E-state index is 13.1. The van der Waals surface area contributed by atoms with Gasteiger partial charge in [-0.05, 0) is 39.8 Å². The van der Waals surface area contributed by atoms with E-state index in [1.165, 1.54) is 4.68 Å². The molecular formula is C19H24N6O2. The number of hydrogen-bond donors (Lipinski definition) is 0. The van der Waals surface area contributed by atoms with E-state index in [1.54, 1.807) is 9.47 Å². The Morgan fingerprint density at radius 3 is 2.59 bits per heavy atom. The number of hydrogen-bond acceptors (Lipinski definition) is 5. The van der Waals surface area contributed by atoms with Crippen LogP contribution in [0.15, 0.2) is 34.1 Å². The number of fused-ring (bicyclic) bond motifs is 6. The average Bonchev–Trinajstić information content (AvgIpc) is 3.20. The molecule has 0 aliphatic carbocycles. The summed E-state index contributed by atoms with van der Waals surface area (Å²) in [4.78, 5) is 34.2. The van der Waals surface area contributed by atoms with Gasteiger partial charge in [-0.25, -0.2) is 14.0 Å². The predicted octanol–water partition coefficient (Wildman–Crippen LogP) is 1.26. The van der Waals surface area contributed by atoms with Crippen molar-refractivity contribution in [3.8, 4) is 5.69 Å². The number of nitrogens with zero attached hydrogens (tertiary/aromatic N) is 6. The lowest BCUT2D eigenvalue weighted by Gasteiger charge is -2.30. The number of carbonyl (C=O) groups is 1. The van der Waals surface area contributed by atoms with Gasteiger partial charge in [0.15, 0.2) is 0 Å². The molecule has 1 amide bonds. The topological polar surface area (TPSA) is 75.7 Å². The van der Waals surface area contributed by atoms with Crippen molar-refractivity contribution in [3.05, 3.63) is 40.3 Å². The molecule has 8 heteroatoms. The summed E-state index contributed by atoms with van der Waals surface area (Å²) >= 11 is 0. The molecule has 0 bridgehead atoms. The number of para-hydroxylation sites is 1. The van der Waals surface area contributed by atoms with E-state index in [0.717, 1.165) is 17.1 Å². The molecule has 0 fully saturated rings. The minimum atomic E-state index is -0.302. The van der Waals surface area contributed by atoms with Crippen LogP contribution in [0.5, 0.6) is 0 Å². The fraction of sp³-hybridized carbons (Fsp3) is 0.474. The van der Waals surface area contributed by atoms with Crippen molar-refractivity contribution in [1.29, 1.82) is 0 Å². The van der Waals surface area contributed by atoms with Crippen molar-refractivity contribution in [2.75, 3.05) is 18.0 Å². The van der Waals surface area contributed by atoms with Gasteiger partial charge in [0.1, 0.15) is 12.4 Å². The van der Waals surface area contributed by atoms with Crippen molar-refractivity contribution in [2.45, 2.75) is 46.3 Å². The van der Waals surface area contributed by atoms with Crippen LogP contribution in [-0.2, 0) is 11.3 Å². The van der Waals surface area contributed by atoms with Gasteiger partial charge in [-0.2, -0.15) is 0 Å². The predicted molar refractivity (Wildman–Crippen MR) is 104 cm³/mol. The van der Waals surface area contributed by atoms with Gasteiger partial charge in [0, 0.05) is 24.2 Å². The standard InChI is InChI=1S/C19H24N6O2/c1-12(2)24(13(3)4)16(26)11-23-19(27)25-15-8-6-5-7-14(15)17-20-9-10-22(17)18(25)21-23/h5-8,12-13H,9-11H2,1-4H3. The highest BCUT2D eigenvalue weighted by atomic mass is 16.2. The molecule has 0 atom stereocenters. The van der Waals surface area contributed by atoms with Gasteiger partial charge in [-0.15, -0.1) is 5.10 Å². The molecule has 3 heterocycles. The number of rotatable bonds is 4. The maximum absolute atomic E-state index is 13.1. The first kappa shape index (κ1) is 17.5. The first-order chi connectivity index (χ1) is 12.9. The first-order valence-electron chi connectivity index (χ1n) is 9.33. The van der Waals surface area contributed by atoms with Crippen LogP contribution in [0.1, 0.15) is 33.3 Å². The molecule has 0 saturated heterocycles. The Bertz CT molecular complexity index is 976. The van der Waals surface area contributed by atoms with Crippen LogP contribution in [0.3, 0.4) is 0 Å². The number of aliphatic imine (C=N–C) groups is 1. The van der Waals surface area contributed by atoms with Crippen LogP contribution in [-0.4, -0.2) is 56.2 Å². The highest BCUT2D eigenvalue weighted by molar-refractivity contribution is 6.14. The maximum Gasteiger partial charge on any atom is 0.352 e. The van der Waals surface area contributed by atoms with Crippen molar-refractivity contribution >= 4 is 17.7 Å². The van der Waals surface area contributed by atoms with Crippen LogP contribution < -0.4 is 10.6 Å². The molecule has 0 unspecified atom stereocenters. The number of anilines is 1. The normalized spacial score (nSPS) is 14.9. The Kier molecular flexibility index (Phi) is 4.13. The smallest absolute Gasteiger partial charge is 0.336 e. The van der Waals surface area contributed by atoms with Crippen LogP contribution in [0, 0.1) is 0 Å². The lowest BCUT2D eigenvalue weighted by molar-refractivity contribution is -0.135.